The Morgan fingerprint density at radius 1 is 1.40 bits per heavy atom. The van der Waals surface area contributed by atoms with Gasteiger partial charge in [-0.3, -0.25) is 0 Å². The third-order valence-electron chi connectivity index (χ3n) is 4.05. The van der Waals surface area contributed by atoms with Crippen molar-refractivity contribution >= 4 is 41.3 Å². The molecule has 0 bridgehead atoms. The maximum Gasteiger partial charge on any atom is 0.191 e. The van der Waals surface area contributed by atoms with Crippen LogP contribution in [0.2, 0.25) is 0 Å². The SMILES string of the molecule is CC1CCN(C(N)=NCc2nc(C3CC3)cs2)CC1.I. The highest BCUT2D eigenvalue weighted by molar-refractivity contribution is 14.0. The minimum absolute atomic E-state index is 0. The van der Waals surface area contributed by atoms with Gasteiger partial charge >= 0.3 is 0 Å². The van der Waals surface area contributed by atoms with Crippen LogP contribution in [0, 0.1) is 5.92 Å². The average Bonchev–Trinajstić information content (AvgIpc) is 3.16. The van der Waals surface area contributed by atoms with E-state index in [1.807, 2.05) is 0 Å². The van der Waals surface area contributed by atoms with Crippen LogP contribution in [-0.2, 0) is 6.54 Å². The predicted molar refractivity (Wildman–Crippen MR) is 94.8 cm³/mol. The van der Waals surface area contributed by atoms with Gasteiger partial charge in [0, 0.05) is 24.4 Å². The Morgan fingerprint density at radius 3 is 2.75 bits per heavy atom. The highest BCUT2D eigenvalue weighted by Crippen LogP contribution is 2.40. The van der Waals surface area contributed by atoms with Crippen LogP contribution in [0.15, 0.2) is 10.4 Å². The zero-order valence-electron chi connectivity index (χ0n) is 11.9. The molecular formula is C14H23IN4S. The zero-order chi connectivity index (χ0) is 13.2. The van der Waals surface area contributed by atoms with Gasteiger partial charge in [-0.15, -0.1) is 35.3 Å². The van der Waals surface area contributed by atoms with Crippen molar-refractivity contribution in [2.24, 2.45) is 16.6 Å². The van der Waals surface area contributed by atoms with Crippen LogP contribution in [0.4, 0.5) is 0 Å². The summed E-state index contributed by atoms with van der Waals surface area (Å²) in [6.45, 7) is 5.03. The van der Waals surface area contributed by atoms with Crippen molar-refractivity contribution in [1.82, 2.24) is 9.88 Å². The molecule has 112 valence electrons. The fourth-order valence-electron chi connectivity index (χ4n) is 2.45. The van der Waals surface area contributed by atoms with Gasteiger partial charge in [-0.25, -0.2) is 9.98 Å². The molecule has 0 spiro atoms. The molecule has 3 rings (SSSR count). The molecule has 1 aromatic heterocycles. The lowest BCUT2D eigenvalue weighted by Crippen LogP contribution is -2.42. The predicted octanol–water partition coefficient (Wildman–Crippen LogP) is 3.19. The van der Waals surface area contributed by atoms with E-state index in [4.69, 9.17) is 5.73 Å². The van der Waals surface area contributed by atoms with Crippen molar-refractivity contribution < 1.29 is 0 Å². The molecule has 4 nitrogen and oxygen atoms in total. The monoisotopic (exact) mass is 406 g/mol. The molecule has 2 N–H and O–H groups in total. The van der Waals surface area contributed by atoms with E-state index in [0.29, 0.717) is 12.5 Å². The van der Waals surface area contributed by atoms with Gasteiger partial charge in [0.2, 0.25) is 0 Å². The van der Waals surface area contributed by atoms with E-state index in [2.05, 4.69) is 27.2 Å². The first-order chi connectivity index (χ1) is 9.22. The normalized spacial score (nSPS) is 20.9. The Morgan fingerprint density at radius 2 is 2.10 bits per heavy atom. The Hall–Kier alpha value is -0.370. The third-order valence-corrected chi connectivity index (χ3v) is 4.90. The number of guanidine groups is 1. The summed E-state index contributed by atoms with van der Waals surface area (Å²) in [6, 6.07) is 0. The number of aliphatic imine (C=N–C) groups is 1. The number of hydrogen-bond donors (Lipinski definition) is 1. The number of piperidine rings is 1. The van der Waals surface area contributed by atoms with Gasteiger partial charge in [-0.05, 0) is 31.6 Å². The summed E-state index contributed by atoms with van der Waals surface area (Å²) < 4.78 is 0. The van der Waals surface area contributed by atoms with Crippen molar-refractivity contribution in [1.29, 1.82) is 0 Å². The molecular weight excluding hydrogens is 383 g/mol. The van der Waals surface area contributed by atoms with Crippen LogP contribution in [0.3, 0.4) is 0 Å². The van der Waals surface area contributed by atoms with Crippen molar-refractivity contribution in [3.05, 3.63) is 16.1 Å². The van der Waals surface area contributed by atoms with E-state index >= 15 is 0 Å². The highest BCUT2D eigenvalue weighted by Gasteiger charge is 2.26. The smallest absolute Gasteiger partial charge is 0.191 e. The van der Waals surface area contributed by atoms with Crippen molar-refractivity contribution in [2.45, 2.75) is 45.1 Å². The number of aromatic nitrogens is 1. The molecule has 2 heterocycles. The van der Waals surface area contributed by atoms with E-state index in [1.54, 1.807) is 11.3 Å². The van der Waals surface area contributed by atoms with Crippen molar-refractivity contribution in [3.63, 3.8) is 0 Å². The Bertz CT molecular complexity index is 461. The van der Waals surface area contributed by atoms with Gasteiger partial charge in [0.05, 0.1) is 12.2 Å². The second-order valence-corrected chi connectivity index (χ2v) is 6.73. The van der Waals surface area contributed by atoms with Gasteiger partial charge < -0.3 is 10.6 Å². The molecule has 1 saturated carbocycles. The first kappa shape index (κ1) is 16.0. The third kappa shape index (κ3) is 4.07. The van der Waals surface area contributed by atoms with E-state index in [-0.39, 0.29) is 24.0 Å². The lowest BCUT2D eigenvalue weighted by Gasteiger charge is -2.30. The van der Waals surface area contributed by atoms with E-state index in [1.165, 1.54) is 31.4 Å². The summed E-state index contributed by atoms with van der Waals surface area (Å²) in [5, 5.41) is 3.27. The summed E-state index contributed by atoms with van der Waals surface area (Å²) >= 11 is 1.71. The van der Waals surface area contributed by atoms with Gasteiger partial charge in [0.1, 0.15) is 5.01 Å². The second-order valence-electron chi connectivity index (χ2n) is 5.78. The quantitative estimate of drug-likeness (QED) is 0.477. The second kappa shape index (κ2) is 7.06. The number of nitrogens with two attached hydrogens (primary N) is 1. The first-order valence-electron chi connectivity index (χ1n) is 7.21. The van der Waals surface area contributed by atoms with Crippen LogP contribution in [0.1, 0.15) is 49.2 Å². The van der Waals surface area contributed by atoms with E-state index < -0.39 is 0 Å². The topological polar surface area (TPSA) is 54.5 Å². The summed E-state index contributed by atoms with van der Waals surface area (Å²) in [4.78, 5) is 11.3. The van der Waals surface area contributed by atoms with E-state index in [0.717, 1.165) is 29.9 Å². The molecule has 20 heavy (non-hydrogen) atoms. The molecule has 0 aromatic carbocycles. The highest BCUT2D eigenvalue weighted by atomic mass is 127. The number of nitrogens with zero attached hydrogens (tertiary/aromatic N) is 3. The summed E-state index contributed by atoms with van der Waals surface area (Å²) in [5.41, 5.74) is 7.34. The van der Waals surface area contributed by atoms with Crippen LogP contribution < -0.4 is 5.73 Å². The number of hydrogen-bond acceptors (Lipinski definition) is 3. The molecule has 0 unspecified atom stereocenters. The van der Waals surface area contributed by atoms with Crippen molar-refractivity contribution in [2.75, 3.05) is 13.1 Å². The molecule has 2 aliphatic rings. The molecule has 0 amide bonds. The maximum absolute atomic E-state index is 6.07. The Kier molecular flexibility index (Phi) is 5.65. The largest absolute Gasteiger partial charge is 0.370 e. The lowest BCUT2D eigenvalue weighted by molar-refractivity contribution is 0.277. The summed E-state index contributed by atoms with van der Waals surface area (Å²) in [7, 11) is 0. The first-order valence-corrected chi connectivity index (χ1v) is 8.09. The maximum atomic E-state index is 6.07. The van der Waals surface area contributed by atoms with Crippen LogP contribution >= 0.6 is 35.3 Å². The van der Waals surface area contributed by atoms with Crippen LogP contribution in [0.5, 0.6) is 0 Å². The number of rotatable bonds is 3. The standard InChI is InChI=1S/C14H22N4S.HI/c1-10-4-6-18(7-5-10)14(15)16-8-13-17-12(9-19-13)11-2-3-11;/h9-11H,2-8H2,1H3,(H2,15,16);1H. The molecule has 1 saturated heterocycles. The molecule has 1 aliphatic carbocycles. The number of halogens is 1. The molecule has 6 heteroatoms. The molecule has 0 radical (unpaired) electrons. The minimum atomic E-state index is 0. The summed E-state index contributed by atoms with van der Waals surface area (Å²) in [5.74, 6) is 2.24. The fourth-order valence-corrected chi connectivity index (χ4v) is 3.25. The van der Waals surface area contributed by atoms with Gasteiger partial charge in [0.15, 0.2) is 5.96 Å². The van der Waals surface area contributed by atoms with Gasteiger partial charge in [-0.2, -0.15) is 0 Å². The number of thiazole rings is 1. The minimum Gasteiger partial charge on any atom is -0.370 e. The van der Waals surface area contributed by atoms with Crippen molar-refractivity contribution in [3.8, 4) is 0 Å². The van der Waals surface area contributed by atoms with Crippen LogP contribution in [-0.4, -0.2) is 28.9 Å². The summed E-state index contributed by atoms with van der Waals surface area (Å²) in [6.07, 6.45) is 5.06. The molecule has 1 aliphatic heterocycles. The molecule has 0 atom stereocenters. The van der Waals surface area contributed by atoms with Gasteiger partial charge in [-0.1, -0.05) is 6.92 Å². The average molecular weight is 406 g/mol. The van der Waals surface area contributed by atoms with Gasteiger partial charge in [0.25, 0.3) is 0 Å². The zero-order valence-corrected chi connectivity index (χ0v) is 15.1. The van der Waals surface area contributed by atoms with Crippen LogP contribution in [0.25, 0.3) is 0 Å². The molecule has 2 fully saturated rings. The fraction of sp³-hybridized carbons (Fsp3) is 0.714. The van der Waals surface area contributed by atoms with E-state index in [9.17, 15) is 0 Å². The number of likely N-dealkylation sites (tertiary alicyclic amines) is 1. The molecule has 1 aromatic rings. The Labute approximate surface area is 141 Å². The Balaban J connectivity index is 0.00000147. The lowest BCUT2D eigenvalue weighted by atomic mass is 10.00.